The number of ether oxygens (including phenoxy) is 2. The maximum Gasteiger partial charge on any atom is 0.217 e. The van der Waals surface area contributed by atoms with E-state index in [-0.39, 0.29) is 12.2 Å². The van der Waals surface area contributed by atoms with Crippen molar-refractivity contribution in [2.24, 2.45) is 0 Å². The van der Waals surface area contributed by atoms with Gasteiger partial charge in [0.1, 0.15) is 0 Å². The largest absolute Gasteiger partial charge is 0.349 e. The molecule has 1 aromatic rings. The normalized spacial score (nSPS) is 10.4. The lowest BCUT2D eigenvalue weighted by atomic mass is 10.1. The van der Waals surface area contributed by atoms with E-state index in [2.05, 4.69) is 4.98 Å². The third-order valence-corrected chi connectivity index (χ3v) is 2.03. The summed E-state index contributed by atoms with van der Waals surface area (Å²) in [7, 11) is 2.70. The van der Waals surface area contributed by atoms with Crippen LogP contribution in [0.15, 0.2) is 24.5 Å². The van der Waals surface area contributed by atoms with Gasteiger partial charge in [0.25, 0.3) is 0 Å². The Kier molecular flexibility index (Phi) is 4.75. The molecule has 0 atom stereocenters. The Balaban J connectivity index is 2.62. The molecule has 0 aromatic carbocycles. The molecule has 86 valence electrons. The van der Waals surface area contributed by atoms with Crippen molar-refractivity contribution in [2.75, 3.05) is 14.2 Å². The van der Waals surface area contributed by atoms with Crippen molar-refractivity contribution in [1.82, 2.24) is 4.98 Å². The number of rotatable bonds is 6. The number of pyridine rings is 1. The summed E-state index contributed by atoms with van der Waals surface area (Å²) >= 11 is 0. The molecule has 1 heterocycles. The molecule has 0 amide bonds. The number of hydrogen-bond acceptors (Lipinski definition) is 5. The van der Waals surface area contributed by atoms with Gasteiger partial charge in [-0.1, -0.05) is 0 Å². The zero-order valence-corrected chi connectivity index (χ0v) is 9.17. The number of carbonyl (C=O) groups is 2. The van der Waals surface area contributed by atoms with Gasteiger partial charge in [0.15, 0.2) is 11.6 Å². The van der Waals surface area contributed by atoms with E-state index in [1.165, 1.54) is 26.6 Å². The zero-order valence-electron chi connectivity index (χ0n) is 9.17. The quantitative estimate of drug-likeness (QED) is 0.406. The molecule has 5 nitrogen and oxygen atoms in total. The van der Waals surface area contributed by atoms with Gasteiger partial charge in [-0.05, 0) is 12.1 Å². The van der Waals surface area contributed by atoms with E-state index in [0.717, 1.165) is 0 Å². The van der Waals surface area contributed by atoms with Crippen molar-refractivity contribution in [3.63, 3.8) is 0 Å². The summed E-state index contributed by atoms with van der Waals surface area (Å²) in [5.74, 6) is -0.668. The highest BCUT2D eigenvalue weighted by Crippen LogP contribution is 2.05. The predicted octanol–water partition coefficient (Wildman–Crippen LogP) is 0.842. The van der Waals surface area contributed by atoms with Gasteiger partial charge in [0.2, 0.25) is 6.29 Å². The van der Waals surface area contributed by atoms with Crippen molar-refractivity contribution < 1.29 is 19.1 Å². The van der Waals surface area contributed by atoms with E-state index in [1.54, 1.807) is 12.1 Å². The molecule has 0 unspecified atom stereocenters. The average Bonchev–Trinajstić information content (AvgIpc) is 2.31. The van der Waals surface area contributed by atoms with Gasteiger partial charge in [-0.2, -0.15) is 0 Å². The number of hydrogen-bond donors (Lipinski definition) is 0. The number of Topliss-reactive ketones (excluding diaryl/α,β-unsaturated/α-hetero) is 2. The van der Waals surface area contributed by atoms with Gasteiger partial charge in [0, 0.05) is 32.2 Å². The van der Waals surface area contributed by atoms with Crippen LogP contribution in [-0.2, 0) is 14.3 Å². The molecule has 0 aliphatic rings. The molecule has 0 aliphatic heterocycles. The minimum absolute atomic E-state index is 0.240. The van der Waals surface area contributed by atoms with Crippen LogP contribution in [0.3, 0.4) is 0 Å². The van der Waals surface area contributed by atoms with Crippen LogP contribution in [0.25, 0.3) is 0 Å². The summed E-state index contributed by atoms with van der Waals surface area (Å²) in [5, 5.41) is 0. The minimum Gasteiger partial charge on any atom is -0.349 e. The van der Waals surface area contributed by atoms with E-state index in [1.807, 2.05) is 0 Å². The van der Waals surface area contributed by atoms with E-state index < -0.39 is 12.1 Å². The first-order valence-electron chi connectivity index (χ1n) is 4.70. The highest BCUT2D eigenvalue weighted by molar-refractivity contribution is 6.08. The first kappa shape index (κ1) is 12.5. The van der Waals surface area contributed by atoms with Crippen molar-refractivity contribution >= 4 is 11.6 Å². The monoisotopic (exact) mass is 223 g/mol. The lowest BCUT2D eigenvalue weighted by molar-refractivity contribution is -0.155. The number of ketones is 2. The van der Waals surface area contributed by atoms with Gasteiger partial charge in [-0.3, -0.25) is 14.6 Å². The molecule has 5 heteroatoms. The molecule has 0 fully saturated rings. The van der Waals surface area contributed by atoms with E-state index in [4.69, 9.17) is 9.47 Å². The maximum absolute atomic E-state index is 11.6. The van der Waals surface area contributed by atoms with Crippen LogP contribution in [0, 0.1) is 0 Å². The van der Waals surface area contributed by atoms with Gasteiger partial charge >= 0.3 is 0 Å². The first-order chi connectivity index (χ1) is 7.69. The molecule has 0 saturated carbocycles. The fourth-order valence-corrected chi connectivity index (χ4v) is 1.24. The van der Waals surface area contributed by atoms with E-state index in [9.17, 15) is 9.59 Å². The molecule has 0 aliphatic carbocycles. The molecule has 16 heavy (non-hydrogen) atoms. The van der Waals surface area contributed by atoms with E-state index >= 15 is 0 Å². The van der Waals surface area contributed by atoms with Crippen LogP contribution < -0.4 is 0 Å². The van der Waals surface area contributed by atoms with Crippen LogP contribution in [0.2, 0.25) is 0 Å². The van der Waals surface area contributed by atoms with Crippen molar-refractivity contribution in [2.45, 2.75) is 12.7 Å². The molecule has 1 aromatic heterocycles. The first-order valence-corrected chi connectivity index (χ1v) is 4.70. The summed E-state index contributed by atoms with van der Waals surface area (Å²) in [6.45, 7) is 0. The highest BCUT2D eigenvalue weighted by Gasteiger charge is 2.20. The second-order valence-corrected chi connectivity index (χ2v) is 3.11. The second-order valence-electron chi connectivity index (χ2n) is 3.11. The number of aromatic nitrogens is 1. The standard InChI is InChI=1S/C11H13NO4/c1-15-11(16-2)10(14)7-9(13)8-3-5-12-6-4-8/h3-6,11H,7H2,1-2H3. The van der Waals surface area contributed by atoms with Gasteiger partial charge < -0.3 is 9.47 Å². The lowest BCUT2D eigenvalue weighted by Gasteiger charge is -2.10. The molecule has 0 spiro atoms. The third-order valence-electron chi connectivity index (χ3n) is 2.03. The average molecular weight is 223 g/mol. The number of nitrogens with zero attached hydrogens (tertiary/aromatic N) is 1. The van der Waals surface area contributed by atoms with Crippen LogP contribution in [0.5, 0.6) is 0 Å². The summed E-state index contributed by atoms with van der Waals surface area (Å²) in [6, 6.07) is 3.12. The van der Waals surface area contributed by atoms with Crippen LogP contribution in [0.1, 0.15) is 16.8 Å². The van der Waals surface area contributed by atoms with Gasteiger partial charge in [-0.15, -0.1) is 0 Å². The topological polar surface area (TPSA) is 65.5 Å². The van der Waals surface area contributed by atoms with Crippen LogP contribution >= 0.6 is 0 Å². The Morgan fingerprint density at radius 3 is 2.31 bits per heavy atom. The summed E-state index contributed by atoms with van der Waals surface area (Å²) < 4.78 is 9.52. The van der Waals surface area contributed by atoms with Crippen molar-refractivity contribution in [3.8, 4) is 0 Å². The van der Waals surface area contributed by atoms with Crippen molar-refractivity contribution in [3.05, 3.63) is 30.1 Å². The van der Waals surface area contributed by atoms with E-state index in [0.29, 0.717) is 5.56 Å². The molecular weight excluding hydrogens is 210 g/mol. The SMILES string of the molecule is COC(OC)C(=O)CC(=O)c1ccncc1. The third kappa shape index (κ3) is 3.22. The zero-order chi connectivity index (χ0) is 12.0. The Bertz CT molecular complexity index is 360. The number of methoxy groups -OCH3 is 2. The molecule has 0 bridgehead atoms. The summed E-state index contributed by atoms with van der Waals surface area (Å²) in [6.07, 6.45) is 1.78. The van der Waals surface area contributed by atoms with Crippen LogP contribution in [0.4, 0.5) is 0 Å². The molecule has 0 radical (unpaired) electrons. The predicted molar refractivity (Wildman–Crippen MR) is 56.0 cm³/mol. The summed E-state index contributed by atoms with van der Waals surface area (Å²) in [4.78, 5) is 26.9. The Morgan fingerprint density at radius 1 is 1.25 bits per heavy atom. The molecule has 1 rings (SSSR count). The Labute approximate surface area is 93.4 Å². The fraction of sp³-hybridized carbons (Fsp3) is 0.364. The molecular formula is C11H13NO4. The fourth-order valence-electron chi connectivity index (χ4n) is 1.24. The highest BCUT2D eigenvalue weighted by atomic mass is 16.7. The number of carbonyl (C=O) groups excluding carboxylic acids is 2. The molecule has 0 saturated heterocycles. The molecule has 0 N–H and O–H groups in total. The van der Waals surface area contributed by atoms with Gasteiger partial charge in [-0.25, -0.2) is 0 Å². The Hall–Kier alpha value is -1.59. The lowest BCUT2D eigenvalue weighted by Crippen LogP contribution is -2.27. The second kappa shape index (κ2) is 6.09. The maximum atomic E-state index is 11.6. The Morgan fingerprint density at radius 2 is 1.81 bits per heavy atom. The van der Waals surface area contributed by atoms with Gasteiger partial charge in [0.05, 0.1) is 6.42 Å². The van der Waals surface area contributed by atoms with Crippen LogP contribution in [-0.4, -0.2) is 37.1 Å². The van der Waals surface area contributed by atoms with Crippen molar-refractivity contribution in [1.29, 1.82) is 0 Å². The smallest absolute Gasteiger partial charge is 0.217 e. The summed E-state index contributed by atoms with van der Waals surface area (Å²) in [5.41, 5.74) is 0.453. The minimum atomic E-state index is -0.981.